The third kappa shape index (κ3) is 2.48. The first-order valence-electron chi connectivity index (χ1n) is 6.38. The number of hydrogen-bond donors (Lipinski definition) is 1. The van der Waals surface area contributed by atoms with Gasteiger partial charge in [0.2, 0.25) is 0 Å². The summed E-state index contributed by atoms with van der Waals surface area (Å²) in [5.74, 6) is 0. The van der Waals surface area contributed by atoms with Gasteiger partial charge in [0.05, 0.1) is 6.61 Å². The Kier molecular flexibility index (Phi) is 3.69. The van der Waals surface area contributed by atoms with Crippen molar-refractivity contribution in [3.63, 3.8) is 0 Å². The fourth-order valence-corrected chi connectivity index (χ4v) is 2.56. The van der Waals surface area contributed by atoms with Crippen molar-refractivity contribution >= 4 is 6.09 Å². The van der Waals surface area contributed by atoms with Gasteiger partial charge in [0.15, 0.2) is 0 Å². The zero-order valence-electron chi connectivity index (χ0n) is 10.1. The van der Waals surface area contributed by atoms with E-state index in [1.54, 1.807) is 0 Å². The molecule has 0 bridgehead atoms. The molecule has 0 unspecified atom stereocenters. The average Bonchev–Trinajstić information content (AvgIpc) is 2.27. The molecular formula is C12H22N2O2. The monoisotopic (exact) mass is 226 g/mol. The van der Waals surface area contributed by atoms with Crippen molar-refractivity contribution in [1.29, 1.82) is 0 Å². The Hall–Kier alpha value is -0.770. The number of hydrogen-bond acceptors (Lipinski definition) is 3. The maximum atomic E-state index is 11.6. The standard InChI is InChI=1S/C12H22N2O2/c1-2-3-8-16-11(15)14-9-12(10-14)4-6-13-7-5-12/h13H,2-10H2,1H3. The fraction of sp³-hybridized carbons (Fsp3) is 0.917. The van der Waals surface area contributed by atoms with E-state index in [2.05, 4.69) is 12.2 Å². The minimum absolute atomic E-state index is 0.113. The summed E-state index contributed by atoms with van der Waals surface area (Å²) in [4.78, 5) is 13.5. The number of likely N-dealkylation sites (tertiary alicyclic amines) is 1. The second-order valence-electron chi connectivity index (χ2n) is 5.07. The first-order valence-corrected chi connectivity index (χ1v) is 6.38. The molecule has 0 radical (unpaired) electrons. The summed E-state index contributed by atoms with van der Waals surface area (Å²) in [5.41, 5.74) is 0.412. The summed E-state index contributed by atoms with van der Waals surface area (Å²) in [6.07, 6.45) is 4.33. The fourth-order valence-electron chi connectivity index (χ4n) is 2.56. The molecule has 0 saturated carbocycles. The second kappa shape index (κ2) is 5.04. The van der Waals surface area contributed by atoms with Gasteiger partial charge in [0, 0.05) is 18.5 Å². The molecule has 2 rings (SSSR count). The van der Waals surface area contributed by atoms with Crippen LogP contribution >= 0.6 is 0 Å². The van der Waals surface area contributed by atoms with Crippen molar-refractivity contribution in [2.45, 2.75) is 32.6 Å². The van der Waals surface area contributed by atoms with E-state index in [0.717, 1.165) is 39.0 Å². The molecule has 1 spiro atoms. The highest BCUT2D eigenvalue weighted by Crippen LogP contribution is 2.38. The van der Waals surface area contributed by atoms with Crippen molar-refractivity contribution in [2.24, 2.45) is 5.41 Å². The lowest BCUT2D eigenvalue weighted by Gasteiger charge is -2.51. The molecule has 0 aliphatic carbocycles. The van der Waals surface area contributed by atoms with E-state index < -0.39 is 0 Å². The first-order chi connectivity index (χ1) is 7.76. The Bertz CT molecular complexity index is 241. The quantitative estimate of drug-likeness (QED) is 0.743. The number of amides is 1. The number of nitrogens with one attached hydrogen (secondary N) is 1. The van der Waals surface area contributed by atoms with Crippen molar-refractivity contribution < 1.29 is 9.53 Å². The molecule has 2 heterocycles. The zero-order valence-corrected chi connectivity index (χ0v) is 10.1. The van der Waals surface area contributed by atoms with Crippen LogP contribution in [0.1, 0.15) is 32.6 Å². The van der Waals surface area contributed by atoms with Crippen LogP contribution in [0.15, 0.2) is 0 Å². The number of rotatable bonds is 3. The van der Waals surface area contributed by atoms with Gasteiger partial charge in [-0.2, -0.15) is 0 Å². The lowest BCUT2D eigenvalue weighted by molar-refractivity contribution is -0.0215. The second-order valence-corrected chi connectivity index (χ2v) is 5.07. The molecule has 4 heteroatoms. The third-order valence-corrected chi connectivity index (χ3v) is 3.70. The van der Waals surface area contributed by atoms with Crippen molar-refractivity contribution in [3.05, 3.63) is 0 Å². The van der Waals surface area contributed by atoms with Crippen molar-refractivity contribution in [2.75, 3.05) is 32.8 Å². The van der Waals surface area contributed by atoms with E-state index in [4.69, 9.17) is 4.74 Å². The number of ether oxygens (including phenoxy) is 1. The van der Waals surface area contributed by atoms with Gasteiger partial charge in [-0.05, 0) is 32.4 Å². The number of piperidine rings is 1. The maximum Gasteiger partial charge on any atom is 0.409 e. The third-order valence-electron chi connectivity index (χ3n) is 3.70. The minimum atomic E-state index is -0.113. The molecule has 92 valence electrons. The van der Waals surface area contributed by atoms with Crippen molar-refractivity contribution in [1.82, 2.24) is 10.2 Å². The molecule has 0 aromatic rings. The molecule has 2 fully saturated rings. The number of carbonyl (C=O) groups is 1. The Balaban J connectivity index is 1.68. The van der Waals surface area contributed by atoms with Gasteiger partial charge < -0.3 is 15.0 Å². The van der Waals surface area contributed by atoms with Crippen LogP contribution in [0.25, 0.3) is 0 Å². The molecule has 0 aromatic heterocycles. The van der Waals surface area contributed by atoms with E-state index in [0.29, 0.717) is 12.0 Å². The van der Waals surface area contributed by atoms with Gasteiger partial charge in [0.1, 0.15) is 0 Å². The molecule has 2 aliphatic rings. The summed E-state index contributed by atoms with van der Waals surface area (Å²) in [6.45, 7) is 6.67. The SMILES string of the molecule is CCCCOC(=O)N1CC2(CCNCC2)C1. The molecule has 1 N–H and O–H groups in total. The molecule has 4 nitrogen and oxygen atoms in total. The van der Waals surface area contributed by atoms with Crippen LogP contribution in [0.3, 0.4) is 0 Å². The molecule has 0 aromatic carbocycles. The summed E-state index contributed by atoms with van der Waals surface area (Å²) >= 11 is 0. The molecule has 2 saturated heterocycles. The summed E-state index contributed by atoms with van der Waals surface area (Å²) in [5, 5.41) is 3.36. The molecule has 1 amide bonds. The largest absolute Gasteiger partial charge is 0.449 e. The highest BCUT2D eigenvalue weighted by Gasteiger charge is 2.45. The van der Waals surface area contributed by atoms with Crippen molar-refractivity contribution in [3.8, 4) is 0 Å². The summed E-state index contributed by atoms with van der Waals surface area (Å²) in [6, 6.07) is 0. The smallest absolute Gasteiger partial charge is 0.409 e. The van der Waals surface area contributed by atoms with Gasteiger partial charge >= 0.3 is 6.09 Å². The molecular weight excluding hydrogens is 204 g/mol. The predicted octanol–water partition coefficient (Wildman–Crippen LogP) is 1.61. The topological polar surface area (TPSA) is 41.6 Å². The minimum Gasteiger partial charge on any atom is -0.449 e. The number of nitrogens with zero attached hydrogens (tertiary/aromatic N) is 1. The molecule has 2 aliphatic heterocycles. The lowest BCUT2D eigenvalue weighted by atomic mass is 9.73. The lowest BCUT2D eigenvalue weighted by Crippen LogP contribution is -2.61. The van der Waals surface area contributed by atoms with E-state index in [1.165, 1.54) is 12.8 Å². The van der Waals surface area contributed by atoms with Gasteiger partial charge in [-0.25, -0.2) is 4.79 Å². The van der Waals surface area contributed by atoms with Gasteiger partial charge in [0.25, 0.3) is 0 Å². The van der Waals surface area contributed by atoms with Crippen LogP contribution in [0.4, 0.5) is 4.79 Å². The van der Waals surface area contributed by atoms with Crippen LogP contribution in [0.2, 0.25) is 0 Å². The molecule has 16 heavy (non-hydrogen) atoms. The highest BCUT2D eigenvalue weighted by atomic mass is 16.6. The average molecular weight is 226 g/mol. The summed E-state index contributed by atoms with van der Waals surface area (Å²) < 4.78 is 5.19. The predicted molar refractivity (Wildman–Crippen MR) is 62.4 cm³/mol. The summed E-state index contributed by atoms with van der Waals surface area (Å²) in [7, 11) is 0. The van der Waals surface area contributed by atoms with Crippen LogP contribution < -0.4 is 5.32 Å². The Morgan fingerprint density at radius 1 is 1.38 bits per heavy atom. The van der Waals surface area contributed by atoms with E-state index in [-0.39, 0.29) is 6.09 Å². The van der Waals surface area contributed by atoms with E-state index in [9.17, 15) is 4.79 Å². The first kappa shape index (κ1) is 11.7. The maximum absolute atomic E-state index is 11.6. The van der Waals surface area contributed by atoms with Gasteiger partial charge in [-0.3, -0.25) is 0 Å². The van der Waals surface area contributed by atoms with Crippen LogP contribution in [-0.2, 0) is 4.74 Å². The Morgan fingerprint density at radius 3 is 2.69 bits per heavy atom. The number of unbranched alkanes of at least 4 members (excludes halogenated alkanes) is 1. The highest BCUT2D eigenvalue weighted by molar-refractivity contribution is 5.69. The van der Waals surface area contributed by atoms with E-state index in [1.807, 2.05) is 4.90 Å². The van der Waals surface area contributed by atoms with Crippen LogP contribution in [0.5, 0.6) is 0 Å². The van der Waals surface area contributed by atoms with E-state index >= 15 is 0 Å². The normalized spacial score (nSPS) is 22.9. The van der Waals surface area contributed by atoms with Crippen LogP contribution in [0, 0.1) is 5.41 Å². The Morgan fingerprint density at radius 2 is 2.06 bits per heavy atom. The Labute approximate surface area is 97.3 Å². The van der Waals surface area contributed by atoms with Gasteiger partial charge in [-0.15, -0.1) is 0 Å². The molecule has 0 atom stereocenters. The number of carbonyl (C=O) groups excluding carboxylic acids is 1. The zero-order chi connectivity index (χ0) is 11.4. The van der Waals surface area contributed by atoms with Gasteiger partial charge in [-0.1, -0.05) is 13.3 Å². The van der Waals surface area contributed by atoms with Crippen LogP contribution in [-0.4, -0.2) is 43.8 Å².